The highest BCUT2D eigenvalue weighted by atomic mass is 16.3. The Morgan fingerprint density at radius 1 is 1.43 bits per heavy atom. The molecule has 2 rings (SSSR count). The maximum atomic E-state index is 11.4. The zero-order chi connectivity index (χ0) is 9.97. The summed E-state index contributed by atoms with van der Waals surface area (Å²) in [6, 6.07) is 7.32. The standard InChI is InChI=1S/C10H12N2O2/c13-7-8-3-1-2-4-9(8)12-10(14)5-6-11-12/h1-4,11,13H,5-7H2. The number of para-hydroxylation sites is 1. The van der Waals surface area contributed by atoms with Gasteiger partial charge in [-0.25, -0.2) is 10.4 Å². The van der Waals surface area contributed by atoms with Gasteiger partial charge in [-0.1, -0.05) is 18.2 Å². The van der Waals surface area contributed by atoms with Crippen LogP contribution in [-0.4, -0.2) is 17.6 Å². The number of hydrazine groups is 1. The summed E-state index contributed by atoms with van der Waals surface area (Å²) in [5, 5.41) is 10.6. The van der Waals surface area contributed by atoms with E-state index in [0.717, 1.165) is 11.3 Å². The molecule has 1 amide bonds. The molecule has 1 aromatic carbocycles. The molecule has 1 aliphatic rings. The maximum Gasteiger partial charge on any atom is 0.242 e. The zero-order valence-corrected chi connectivity index (χ0v) is 7.73. The Kier molecular flexibility index (Phi) is 2.47. The first-order valence-electron chi connectivity index (χ1n) is 4.58. The fraction of sp³-hybridized carbons (Fsp3) is 0.300. The smallest absolute Gasteiger partial charge is 0.242 e. The van der Waals surface area contributed by atoms with Gasteiger partial charge in [0.25, 0.3) is 0 Å². The minimum atomic E-state index is -0.0539. The van der Waals surface area contributed by atoms with Crippen LogP contribution in [0.1, 0.15) is 12.0 Å². The summed E-state index contributed by atoms with van der Waals surface area (Å²) < 4.78 is 0. The van der Waals surface area contributed by atoms with Gasteiger partial charge in [0.1, 0.15) is 0 Å². The molecule has 0 saturated carbocycles. The average Bonchev–Trinajstić information content (AvgIpc) is 2.64. The Balaban J connectivity index is 2.35. The zero-order valence-electron chi connectivity index (χ0n) is 7.73. The van der Waals surface area contributed by atoms with E-state index < -0.39 is 0 Å². The summed E-state index contributed by atoms with van der Waals surface area (Å²) >= 11 is 0. The minimum absolute atomic E-state index is 0.0471. The van der Waals surface area contributed by atoms with E-state index in [-0.39, 0.29) is 12.5 Å². The number of aliphatic hydroxyl groups excluding tert-OH is 1. The van der Waals surface area contributed by atoms with Crippen molar-refractivity contribution < 1.29 is 9.90 Å². The summed E-state index contributed by atoms with van der Waals surface area (Å²) in [5.74, 6) is 0.0471. The molecule has 1 fully saturated rings. The molecular weight excluding hydrogens is 180 g/mol. The highest BCUT2D eigenvalue weighted by Crippen LogP contribution is 2.21. The average molecular weight is 192 g/mol. The van der Waals surface area contributed by atoms with Gasteiger partial charge in [0.05, 0.1) is 12.3 Å². The summed E-state index contributed by atoms with van der Waals surface area (Å²) in [6.07, 6.45) is 0.514. The van der Waals surface area contributed by atoms with E-state index in [2.05, 4.69) is 5.43 Å². The molecule has 74 valence electrons. The predicted molar refractivity (Wildman–Crippen MR) is 52.5 cm³/mol. The molecule has 0 aliphatic carbocycles. The number of nitrogens with zero attached hydrogens (tertiary/aromatic N) is 1. The first-order valence-corrected chi connectivity index (χ1v) is 4.58. The third kappa shape index (κ3) is 1.49. The number of hydrogen-bond acceptors (Lipinski definition) is 3. The predicted octanol–water partition coefficient (Wildman–Crippen LogP) is 0.420. The van der Waals surface area contributed by atoms with Crippen molar-refractivity contribution in [3.8, 4) is 0 Å². The lowest BCUT2D eigenvalue weighted by atomic mass is 10.2. The fourth-order valence-electron chi connectivity index (χ4n) is 1.56. The molecular formula is C10H12N2O2. The second-order valence-corrected chi connectivity index (χ2v) is 3.17. The van der Waals surface area contributed by atoms with Crippen LogP contribution in [0.15, 0.2) is 24.3 Å². The van der Waals surface area contributed by atoms with Crippen molar-refractivity contribution >= 4 is 11.6 Å². The van der Waals surface area contributed by atoms with Crippen molar-refractivity contribution in [2.45, 2.75) is 13.0 Å². The van der Waals surface area contributed by atoms with Crippen molar-refractivity contribution in [1.29, 1.82) is 0 Å². The number of aliphatic hydroxyl groups is 1. The first-order chi connectivity index (χ1) is 6.83. The molecule has 4 nitrogen and oxygen atoms in total. The number of benzene rings is 1. The molecule has 0 aromatic heterocycles. The molecule has 0 unspecified atom stereocenters. The van der Waals surface area contributed by atoms with Gasteiger partial charge >= 0.3 is 0 Å². The van der Waals surface area contributed by atoms with Gasteiger partial charge in [0.15, 0.2) is 0 Å². The molecule has 1 heterocycles. The normalized spacial score (nSPS) is 16.4. The summed E-state index contributed by atoms with van der Waals surface area (Å²) in [4.78, 5) is 11.4. The topological polar surface area (TPSA) is 52.6 Å². The van der Waals surface area contributed by atoms with E-state index in [1.54, 1.807) is 0 Å². The monoisotopic (exact) mass is 192 g/mol. The Morgan fingerprint density at radius 3 is 2.86 bits per heavy atom. The fourth-order valence-corrected chi connectivity index (χ4v) is 1.56. The van der Waals surface area contributed by atoms with Crippen LogP contribution >= 0.6 is 0 Å². The second kappa shape index (κ2) is 3.77. The highest BCUT2D eigenvalue weighted by molar-refractivity contribution is 5.95. The molecule has 14 heavy (non-hydrogen) atoms. The van der Waals surface area contributed by atoms with Crippen molar-refractivity contribution in [2.75, 3.05) is 11.6 Å². The van der Waals surface area contributed by atoms with Crippen LogP contribution in [0.3, 0.4) is 0 Å². The van der Waals surface area contributed by atoms with Gasteiger partial charge < -0.3 is 5.11 Å². The molecule has 1 aromatic rings. The first kappa shape index (κ1) is 9.18. The van der Waals surface area contributed by atoms with Gasteiger partial charge in [0, 0.05) is 18.5 Å². The van der Waals surface area contributed by atoms with Crippen LogP contribution in [0.2, 0.25) is 0 Å². The number of anilines is 1. The summed E-state index contributed by atoms with van der Waals surface area (Å²) in [5.41, 5.74) is 4.48. The van der Waals surface area contributed by atoms with E-state index >= 15 is 0 Å². The molecule has 0 spiro atoms. The lowest BCUT2D eigenvalue weighted by Crippen LogP contribution is -2.34. The number of nitrogens with one attached hydrogen (secondary N) is 1. The van der Waals surface area contributed by atoms with E-state index in [4.69, 9.17) is 5.11 Å². The van der Waals surface area contributed by atoms with Crippen LogP contribution in [0.4, 0.5) is 5.69 Å². The van der Waals surface area contributed by atoms with Crippen molar-refractivity contribution in [2.24, 2.45) is 0 Å². The summed E-state index contributed by atoms with van der Waals surface area (Å²) in [7, 11) is 0. The quantitative estimate of drug-likeness (QED) is 0.714. The van der Waals surface area contributed by atoms with E-state index in [9.17, 15) is 4.79 Å². The van der Waals surface area contributed by atoms with Crippen LogP contribution in [0.5, 0.6) is 0 Å². The van der Waals surface area contributed by atoms with E-state index in [1.165, 1.54) is 5.01 Å². The number of amides is 1. The molecule has 1 aliphatic heterocycles. The van der Waals surface area contributed by atoms with Gasteiger partial charge in [-0.2, -0.15) is 0 Å². The van der Waals surface area contributed by atoms with Gasteiger partial charge in [-0.05, 0) is 6.07 Å². The third-order valence-corrected chi connectivity index (χ3v) is 2.26. The van der Waals surface area contributed by atoms with Crippen molar-refractivity contribution in [3.63, 3.8) is 0 Å². The Hall–Kier alpha value is -1.39. The highest BCUT2D eigenvalue weighted by Gasteiger charge is 2.22. The number of carbonyl (C=O) groups excluding carboxylic acids is 1. The molecule has 1 saturated heterocycles. The third-order valence-electron chi connectivity index (χ3n) is 2.26. The Morgan fingerprint density at radius 2 is 2.21 bits per heavy atom. The van der Waals surface area contributed by atoms with Crippen LogP contribution in [0, 0.1) is 0 Å². The van der Waals surface area contributed by atoms with E-state index in [1.807, 2.05) is 24.3 Å². The SMILES string of the molecule is O=C1CCNN1c1ccccc1CO. The number of rotatable bonds is 2. The van der Waals surface area contributed by atoms with Crippen molar-refractivity contribution in [3.05, 3.63) is 29.8 Å². The lowest BCUT2D eigenvalue weighted by molar-refractivity contribution is -0.117. The molecule has 0 bridgehead atoms. The molecule has 2 N–H and O–H groups in total. The largest absolute Gasteiger partial charge is 0.392 e. The molecule has 4 heteroatoms. The van der Waals surface area contributed by atoms with Crippen molar-refractivity contribution in [1.82, 2.24) is 5.43 Å². The lowest BCUT2D eigenvalue weighted by Gasteiger charge is -2.18. The summed E-state index contributed by atoms with van der Waals surface area (Å²) in [6.45, 7) is 0.611. The van der Waals surface area contributed by atoms with Crippen LogP contribution < -0.4 is 10.4 Å². The van der Waals surface area contributed by atoms with E-state index in [0.29, 0.717) is 13.0 Å². The maximum absolute atomic E-state index is 11.4. The number of carbonyl (C=O) groups is 1. The van der Waals surface area contributed by atoms with Gasteiger partial charge in [0.2, 0.25) is 5.91 Å². The molecule has 0 radical (unpaired) electrons. The minimum Gasteiger partial charge on any atom is -0.392 e. The second-order valence-electron chi connectivity index (χ2n) is 3.17. The molecule has 0 atom stereocenters. The number of hydrogen-bond donors (Lipinski definition) is 2. The van der Waals surface area contributed by atoms with Gasteiger partial charge in [-0.15, -0.1) is 0 Å². The van der Waals surface area contributed by atoms with Gasteiger partial charge in [-0.3, -0.25) is 4.79 Å². The van der Waals surface area contributed by atoms with Crippen LogP contribution in [-0.2, 0) is 11.4 Å². The Labute approximate surface area is 82.1 Å². The van der Waals surface area contributed by atoms with Crippen LogP contribution in [0.25, 0.3) is 0 Å². The Bertz CT molecular complexity index is 352.